The van der Waals surface area contributed by atoms with E-state index in [4.69, 9.17) is 10.2 Å². The molecule has 0 fully saturated rings. The minimum Gasteiger partial charge on any atom is -0.479 e. The Bertz CT molecular complexity index is 393. The van der Waals surface area contributed by atoms with Crippen molar-refractivity contribution in [2.24, 2.45) is 5.10 Å². The van der Waals surface area contributed by atoms with Crippen molar-refractivity contribution >= 4 is 23.5 Å². The summed E-state index contributed by atoms with van der Waals surface area (Å²) in [7, 11) is 1.46. The van der Waals surface area contributed by atoms with Crippen LogP contribution in [0.1, 0.15) is 19.3 Å². The van der Waals surface area contributed by atoms with E-state index in [0.29, 0.717) is 0 Å². The number of hydrogen-bond acceptors (Lipinski definition) is 5. The van der Waals surface area contributed by atoms with E-state index in [2.05, 4.69) is 10.4 Å². The van der Waals surface area contributed by atoms with Crippen LogP contribution in [0.4, 0.5) is 0 Å². The van der Waals surface area contributed by atoms with Crippen molar-refractivity contribution in [3.63, 3.8) is 0 Å². The third-order valence-electron chi connectivity index (χ3n) is 2.46. The van der Waals surface area contributed by atoms with E-state index in [1.165, 1.54) is 7.05 Å². The molecule has 0 spiro atoms. The van der Waals surface area contributed by atoms with Crippen molar-refractivity contribution in [3.8, 4) is 0 Å². The number of nitrogens with one attached hydrogen (secondary N) is 1. The molecule has 0 saturated carbocycles. The molecule has 0 aromatic carbocycles. The first-order valence-corrected chi connectivity index (χ1v) is 5.45. The highest BCUT2D eigenvalue weighted by Gasteiger charge is 2.22. The minimum absolute atomic E-state index is 0.0307. The molecule has 1 aliphatic heterocycles. The van der Waals surface area contributed by atoms with Crippen LogP contribution in [0.15, 0.2) is 5.10 Å². The molecule has 100 valence electrons. The monoisotopic (exact) mass is 257 g/mol. The molecule has 18 heavy (non-hydrogen) atoms. The van der Waals surface area contributed by atoms with Gasteiger partial charge in [-0.05, 0) is 0 Å². The molecule has 2 amide bonds. The SMILES string of the molecule is CN1N=C(C(=O)NCCC(O)C(=O)O)CCC1=O. The van der Waals surface area contributed by atoms with Crippen LogP contribution >= 0.6 is 0 Å². The standard InChI is InChI=1S/C10H15N3O5/c1-13-8(15)3-2-6(12-13)9(16)11-5-4-7(14)10(17)18/h7,14H,2-5H2,1H3,(H,11,16)(H,17,18). The molecule has 0 aliphatic carbocycles. The molecule has 8 nitrogen and oxygen atoms in total. The lowest BCUT2D eigenvalue weighted by molar-refractivity contribution is -0.147. The van der Waals surface area contributed by atoms with Gasteiger partial charge in [-0.1, -0.05) is 0 Å². The van der Waals surface area contributed by atoms with Crippen LogP contribution in [0.2, 0.25) is 0 Å². The van der Waals surface area contributed by atoms with Gasteiger partial charge in [-0.15, -0.1) is 0 Å². The largest absolute Gasteiger partial charge is 0.479 e. The molecule has 0 bridgehead atoms. The number of carbonyl (C=O) groups excluding carboxylic acids is 2. The highest BCUT2D eigenvalue weighted by atomic mass is 16.4. The predicted molar refractivity (Wildman–Crippen MR) is 60.7 cm³/mol. The lowest BCUT2D eigenvalue weighted by Crippen LogP contribution is -2.39. The summed E-state index contributed by atoms with van der Waals surface area (Å²) in [5, 5.41) is 24.8. The Balaban J connectivity index is 2.40. The summed E-state index contributed by atoms with van der Waals surface area (Å²) >= 11 is 0. The Hall–Kier alpha value is -1.96. The Kier molecular flexibility index (Phi) is 4.78. The van der Waals surface area contributed by atoms with E-state index in [0.717, 1.165) is 5.01 Å². The number of rotatable bonds is 5. The zero-order valence-corrected chi connectivity index (χ0v) is 9.92. The molecule has 1 unspecified atom stereocenters. The van der Waals surface area contributed by atoms with E-state index in [1.807, 2.05) is 0 Å². The van der Waals surface area contributed by atoms with Crippen LogP contribution in [-0.2, 0) is 14.4 Å². The topological polar surface area (TPSA) is 119 Å². The van der Waals surface area contributed by atoms with E-state index in [1.54, 1.807) is 0 Å². The molecule has 0 saturated heterocycles. The molecule has 0 radical (unpaired) electrons. The molecule has 1 aliphatic rings. The summed E-state index contributed by atoms with van der Waals surface area (Å²) < 4.78 is 0. The fourth-order valence-electron chi connectivity index (χ4n) is 1.38. The van der Waals surface area contributed by atoms with Crippen molar-refractivity contribution in [3.05, 3.63) is 0 Å². The molecule has 1 atom stereocenters. The lowest BCUT2D eigenvalue weighted by atomic mass is 10.1. The highest BCUT2D eigenvalue weighted by molar-refractivity contribution is 6.39. The predicted octanol–water partition coefficient (Wildman–Crippen LogP) is -1.45. The smallest absolute Gasteiger partial charge is 0.332 e. The first-order valence-electron chi connectivity index (χ1n) is 5.45. The second-order valence-corrected chi connectivity index (χ2v) is 3.86. The van der Waals surface area contributed by atoms with Crippen molar-refractivity contribution in [2.75, 3.05) is 13.6 Å². The second-order valence-electron chi connectivity index (χ2n) is 3.86. The summed E-state index contributed by atoms with van der Waals surface area (Å²) in [5.41, 5.74) is 0.224. The van der Waals surface area contributed by atoms with Crippen molar-refractivity contribution in [1.82, 2.24) is 10.3 Å². The summed E-state index contributed by atoms with van der Waals surface area (Å²) in [4.78, 5) is 33.0. The van der Waals surface area contributed by atoms with Crippen LogP contribution in [0.25, 0.3) is 0 Å². The number of carboxylic acid groups (broad SMARTS) is 1. The quantitative estimate of drug-likeness (QED) is 0.556. The van der Waals surface area contributed by atoms with Gasteiger partial charge in [0.15, 0.2) is 6.10 Å². The molecule has 1 heterocycles. The van der Waals surface area contributed by atoms with Crippen molar-refractivity contribution in [2.45, 2.75) is 25.4 Å². The molecular weight excluding hydrogens is 242 g/mol. The summed E-state index contributed by atoms with van der Waals surface area (Å²) in [6.45, 7) is 0.0307. The van der Waals surface area contributed by atoms with Gasteiger partial charge in [0, 0.05) is 32.9 Å². The number of carboxylic acids is 1. The second kappa shape index (κ2) is 6.10. The Morgan fingerprint density at radius 1 is 1.50 bits per heavy atom. The van der Waals surface area contributed by atoms with Crippen molar-refractivity contribution < 1.29 is 24.6 Å². The lowest BCUT2D eigenvalue weighted by Gasteiger charge is -2.18. The normalized spacial score (nSPS) is 17.1. The fourth-order valence-corrected chi connectivity index (χ4v) is 1.38. The number of hydrogen-bond donors (Lipinski definition) is 3. The van der Waals surface area contributed by atoms with Gasteiger partial charge < -0.3 is 15.5 Å². The summed E-state index contributed by atoms with van der Waals surface area (Å²) in [6, 6.07) is 0. The van der Waals surface area contributed by atoms with Gasteiger partial charge in [-0.25, -0.2) is 9.80 Å². The number of aliphatic carboxylic acids is 1. The van der Waals surface area contributed by atoms with E-state index < -0.39 is 18.0 Å². The third-order valence-corrected chi connectivity index (χ3v) is 2.46. The van der Waals surface area contributed by atoms with Gasteiger partial charge in [0.2, 0.25) is 5.91 Å². The average molecular weight is 257 g/mol. The number of hydrazone groups is 1. The van der Waals surface area contributed by atoms with Crippen LogP contribution < -0.4 is 5.32 Å². The molecule has 3 N–H and O–H groups in total. The maximum absolute atomic E-state index is 11.6. The first kappa shape index (κ1) is 14.1. The van der Waals surface area contributed by atoms with Crippen LogP contribution in [-0.4, -0.2) is 58.4 Å². The van der Waals surface area contributed by atoms with E-state index in [-0.39, 0.29) is 37.4 Å². The van der Waals surface area contributed by atoms with Crippen LogP contribution in [0.3, 0.4) is 0 Å². The van der Waals surface area contributed by atoms with Gasteiger partial charge in [-0.2, -0.15) is 5.10 Å². The summed E-state index contributed by atoms with van der Waals surface area (Å²) in [5.74, 6) is -1.94. The van der Waals surface area contributed by atoms with Gasteiger partial charge >= 0.3 is 5.97 Å². The van der Waals surface area contributed by atoms with Crippen LogP contribution in [0, 0.1) is 0 Å². The molecule has 8 heteroatoms. The van der Waals surface area contributed by atoms with Gasteiger partial charge in [0.1, 0.15) is 5.71 Å². The zero-order valence-electron chi connectivity index (χ0n) is 9.92. The molecule has 0 aromatic heterocycles. The number of aliphatic hydroxyl groups is 1. The first-order chi connectivity index (χ1) is 8.41. The molecule has 0 aromatic rings. The average Bonchev–Trinajstić information content (AvgIpc) is 2.32. The van der Waals surface area contributed by atoms with Crippen molar-refractivity contribution in [1.29, 1.82) is 0 Å². The molecular formula is C10H15N3O5. The highest BCUT2D eigenvalue weighted by Crippen LogP contribution is 2.06. The Morgan fingerprint density at radius 3 is 2.72 bits per heavy atom. The number of carbonyl (C=O) groups is 3. The third kappa shape index (κ3) is 3.81. The van der Waals surface area contributed by atoms with Gasteiger partial charge in [-0.3, -0.25) is 9.59 Å². The maximum atomic E-state index is 11.6. The van der Waals surface area contributed by atoms with Gasteiger partial charge in [0.05, 0.1) is 0 Å². The Labute approximate surface area is 103 Å². The number of amides is 2. The minimum atomic E-state index is -1.50. The molecule has 1 rings (SSSR count). The van der Waals surface area contributed by atoms with E-state index >= 15 is 0 Å². The fraction of sp³-hybridized carbons (Fsp3) is 0.600. The van der Waals surface area contributed by atoms with E-state index in [9.17, 15) is 14.4 Å². The number of aliphatic hydroxyl groups excluding tert-OH is 1. The maximum Gasteiger partial charge on any atom is 0.332 e. The Morgan fingerprint density at radius 2 is 2.17 bits per heavy atom. The number of nitrogens with zero attached hydrogens (tertiary/aromatic N) is 2. The van der Waals surface area contributed by atoms with Crippen LogP contribution in [0.5, 0.6) is 0 Å². The van der Waals surface area contributed by atoms with Gasteiger partial charge in [0.25, 0.3) is 5.91 Å². The zero-order chi connectivity index (χ0) is 13.7. The summed E-state index contributed by atoms with van der Waals surface area (Å²) in [6.07, 6.45) is -1.09.